The van der Waals surface area contributed by atoms with Crippen LogP contribution in [0.2, 0.25) is 0 Å². The van der Waals surface area contributed by atoms with Crippen LogP contribution in [-0.4, -0.2) is 51.3 Å². The lowest BCUT2D eigenvalue weighted by Crippen LogP contribution is -2.38. The van der Waals surface area contributed by atoms with Crippen molar-refractivity contribution in [2.24, 2.45) is 34.5 Å². The average molecular weight is 489 g/mol. The Hall–Kier alpha value is -0.0900. The molecule has 2 saturated carbocycles. The van der Waals surface area contributed by atoms with Crippen molar-refractivity contribution in [3.05, 3.63) is 0 Å². The minimum absolute atomic E-state index is 0. The zero-order chi connectivity index (χ0) is 17.9. The number of piperidine rings is 2. The third-order valence-electron chi connectivity index (χ3n) is 7.02. The Morgan fingerprint density at radius 2 is 0.967 bits per heavy atom. The summed E-state index contributed by atoms with van der Waals surface area (Å²) in [5.41, 5.74) is 0.703. The average Bonchev–Trinajstić information content (AvgIpc) is 3.11. The van der Waals surface area contributed by atoms with E-state index in [2.05, 4.69) is 38.3 Å². The lowest BCUT2D eigenvalue weighted by atomic mass is 10.0. The first-order chi connectivity index (χ1) is 11.2. The molecule has 0 aromatic heterocycles. The third-order valence-corrected chi connectivity index (χ3v) is 7.02. The summed E-state index contributed by atoms with van der Waals surface area (Å²) >= 11 is 0. The molecule has 2 aliphatic heterocycles. The number of carbonyl (C=O) groups excluding carboxylic acids is 2. The second-order valence-electron chi connectivity index (χ2n) is 8.73. The van der Waals surface area contributed by atoms with E-state index in [1.807, 2.05) is 0 Å². The van der Waals surface area contributed by atoms with Crippen LogP contribution in [0.1, 0.15) is 50.0 Å². The number of fused-ring (bicyclic) bond motifs is 2. The molecule has 4 aliphatic rings. The van der Waals surface area contributed by atoms with Gasteiger partial charge in [0.25, 0.3) is 0 Å². The molecule has 2 N–H and O–H groups in total. The van der Waals surface area contributed by atoms with Gasteiger partial charge in [-0.3, -0.25) is 9.59 Å². The molecule has 2 heterocycles. The first kappa shape index (κ1) is 37.2. The molecule has 4 rings (SSSR count). The first-order valence-corrected chi connectivity index (χ1v) is 8.80. The molecule has 0 amide bonds. The number of carbonyl (C=O) groups is 2. The smallest absolute Gasteiger partial charge is 0.323 e. The summed E-state index contributed by atoms with van der Waals surface area (Å²) in [5.74, 6) is 2.17. The first-order valence-electron chi connectivity index (χ1n) is 8.80. The molecule has 0 unspecified atom stereocenters. The molecule has 2 saturated heterocycles. The SMILES string of the molecule is C.C.C.COC(=O)[C@@H]1NC[C@@H]2[C@H]1C2(C)C.COC(=O)[C@H]1NC[C@H]2[C@@H]1C2(C)C.S.S.S. The number of nitrogens with one attached hydrogen (secondary N) is 2. The fourth-order valence-electron chi connectivity index (χ4n) is 5.15. The van der Waals surface area contributed by atoms with Crippen molar-refractivity contribution in [1.82, 2.24) is 10.6 Å². The summed E-state index contributed by atoms with van der Waals surface area (Å²) in [5, 5.41) is 6.38. The van der Waals surface area contributed by atoms with Crippen molar-refractivity contribution in [2.75, 3.05) is 27.3 Å². The van der Waals surface area contributed by atoms with Gasteiger partial charge in [0.15, 0.2) is 0 Å². The van der Waals surface area contributed by atoms with Crippen molar-refractivity contribution in [1.29, 1.82) is 0 Å². The van der Waals surface area contributed by atoms with E-state index in [0.717, 1.165) is 13.1 Å². The van der Waals surface area contributed by atoms with Crippen LogP contribution in [0, 0.1) is 34.5 Å². The van der Waals surface area contributed by atoms with E-state index >= 15 is 0 Å². The normalized spacial score (nSPS) is 33.7. The topological polar surface area (TPSA) is 76.7 Å². The molecule has 4 fully saturated rings. The van der Waals surface area contributed by atoms with Crippen LogP contribution in [0.5, 0.6) is 0 Å². The second-order valence-corrected chi connectivity index (χ2v) is 8.73. The predicted octanol–water partition coefficient (Wildman–Crippen LogP) is 3.05. The molecule has 6 atom stereocenters. The van der Waals surface area contributed by atoms with Gasteiger partial charge in [-0.1, -0.05) is 50.0 Å². The summed E-state index contributed by atoms with van der Waals surface area (Å²) in [6.07, 6.45) is 0. The number of methoxy groups -OCH3 is 2. The van der Waals surface area contributed by atoms with Crippen molar-refractivity contribution >= 4 is 52.4 Å². The lowest BCUT2D eigenvalue weighted by molar-refractivity contribution is -0.144. The van der Waals surface area contributed by atoms with E-state index in [1.165, 1.54) is 14.2 Å². The van der Waals surface area contributed by atoms with Crippen LogP contribution in [0.15, 0.2) is 0 Å². The van der Waals surface area contributed by atoms with Crippen molar-refractivity contribution in [3.63, 3.8) is 0 Å². The highest BCUT2D eigenvalue weighted by atomic mass is 32.1. The minimum atomic E-state index is -0.104. The Morgan fingerprint density at radius 3 is 1.13 bits per heavy atom. The molecular weight excluding hydrogens is 440 g/mol. The summed E-state index contributed by atoms with van der Waals surface area (Å²) in [6.45, 7) is 10.8. The molecule has 9 heteroatoms. The molecule has 6 nitrogen and oxygen atoms in total. The van der Waals surface area contributed by atoms with Crippen LogP contribution in [0.25, 0.3) is 0 Å². The van der Waals surface area contributed by atoms with Gasteiger partial charge < -0.3 is 20.1 Å². The molecular formula is C21H48N2O4S3. The van der Waals surface area contributed by atoms with Gasteiger partial charge in [-0.25, -0.2) is 0 Å². The van der Waals surface area contributed by atoms with Gasteiger partial charge in [0.2, 0.25) is 0 Å². The van der Waals surface area contributed by atoms with Crippen LogP contribution in [-0.2, 0) is 19.1 Å². The van der Waals surface area contributed by atoms with Gasteiger partial charge >= 0.3 is 11.9 Å². The van der Waals surface area contributed by atoms with Crippen LogP contribution >= 0.6 is 40.5 Å². The summed E-state index contributed by atoms with van der Waals surface area (Å²) in [4.78, 5) is 22.5. The van der Waals surface area contributed by atoms with E-state index in [9.17, 15) is 9.59 Å². The van der Waals surface area contributed by atoms with Crippen LogP contribution in [0.3, 0.4) is 0 Å². The standard InChI is InChI=1S/2C9H15NO2.3CH4.3H2S/c2*1-9(2)5-4-10-7(6(5)9)8(11)12-3;;;;;;/h2*5-7,10H,4H2,1-3H3;3*1H4;3*1H2/t2*5-,6-,7-;;;;;;/m10....../s1. The summed E-state index contributed by atoms with van der Waals surface area (Å²) in [6, 6.07) is -0.0926. The van der Waals surface area contributed by atoms with Gasteiger partial charge in [-0.2, -0.15) is 40.5 Å². The zero-order valence-corrected chi connectivity index (χ0v) is 20.0. The molecule has 0 aromatic carbocycles. The Balaban J connectivity index is -0.000000188. The fraction of sp³-hybridized carbons (Fsp3) is 0.905. The molecule has 0 aromatic rings. The number of hydrogen-bond acceptors (Lipinski definition) is 6. The fourth-order valence-corrected chi connectivity index (χ4v) is 5.15. The van der Waals surface area contributed by atoms with Crippen molar-refractivity contribution in [3.8, 4) is 0 Å². The highest BCUT2D eigenvalue weighted by Crippen LogP contribution is 2.63. The number of esters is 2. The molecule has 30 heavy (non-hydrogen) atoms. The number of rotatable bonds is 2. The van der Waals surface area contributed by atoms with E-state index in [0.29, 0.717) is 34.5 Å². The molecule has 0 bridgehead atoms. The van der Waals surface area contributed by atoms with E-state index < -0.39 is 0 Å². The predicted molar refractivity (Wildman–Crippen MR) is 140 cm³/mol. The zero-order valence-electron chi connectivity index (χ0n) is 17.0. The largest absolute Gasteiger partial charge is 0.468 e. The van der Waals surface area contributed by atoms with E-state index in [1.54, 1.807) is 0 Å². The maximum atomic E-state index is 11.3. The van der Waals surface area contributed by atoms with Gasteiger partial charge in [-0.15, -0.1) is 0 Å². The van der Waals surface area contributed by atoms with Crippen molar-refractivity contribution < 1.29 is 19.1 Å². The quantitative estimate of drug-likeness (QED) is 0.582. The Morgan fingerprint density at radius 1 is 0.700 bits per heavy atom. The monoisotopic (exact) mass is 488 g/mol. The van der Waals surface area contributed by atoms with Crippen LogP contribution < -0.4 is 10.6 Å². The van der Waals surface area contributed by atoms with Gasteiger partial charge in [0, 0.05) is 0 Å². The second kappa shape index (κ2) is 12.8. The maximum Gasteiger partial charge on any atom is 0.323 e. The van der Waals surface area contributed by atoms with Gasteiger partial charge in [0.1, 0.15) is 12.1 Å². The van der Waals surface area contributed by atoms with Gasteiger partial charge in [-0.05, 0) is 47.6 Å². The Labute approximate surface area is 205 Å². The third kappa shape index (κ3) is 6.03. The Bertz CT molecular complexity index is 512. The molecule has 0 radical (unpaired) electrons. The van der Waals surface area contributed by atoms with Gasteiger partial charge in [0.05, 0.1) is 14.2 Å². The molecule has 2 aliphatic carbocycles. The lowest BCUT2D eigenvalue weighted by Gasteiger charge is -2.16. The summed E-state index contributed by atoms with van der Waals surface area (Å²) in [7, 11) is 2.90. The Kier molecular flexibility index (Phi) is 15.9. The van der Waals surface area contributed by atoms with E-state index in [4.69, 9.17) is 9.47 Å². The molecule has 184 valence electrons. The minimum Gasteiger partial charge on any atom is -0.468 e. The highest BCUT2D eigenvalue weighted by Gasteiger charge is 2.66. The van der Waals surface area contributed by atoms with Crippen molar-refractivity contribution in [2.45, 2.75) is 62.1 Å². The summed E-state index contributed by atoms with van der Waals surface area (Å²) < 4.78 is 9.45. The number of ether oxygens (including phenoxy) is 2. The highest BCUT2D eigenvalue weighted by molar-refractivity contribution is 7.59. The number of hydrogen-bond donors (Lipinski definition) is 2. The van der Waals surface area contributed by atoms with Crippen LogP contribution in [0.4, 0.5) is 0 Å². The molecule has 0 spiro atoms. The maximum absolute atomic E-state index is 11.3. The van der Waals surface area contributed by atoms with E-state index in [-0.39, 0.29) is 86.8 Å².